The molecule has 0 saturated carbocycles. The van der Waals surface area contributed by atoms with Gasteiger partial charge >= 0.3 is 0 Å². The van der Waals surface area contributed by atoms with Crippen LogP contribution in [-0.4, -0.2) is 0 Å². The fraction of sp³-hybridized carbons (Fsp3) is 0.250. The Labute approximate surface area is 122 Å². The number of benzene rings is 2. The fourth-order valence-electron chi connectivity index (χ4n) is 1.87. The van der Waals surface area contributed by atoms with Crippen LogP contribution >= 0.6 is 15.9 Å². The van der Waals surface area contributed by atoms with Gasteiger partial charge < -0.3 is 10.5 Å². The van der Waals surface area contributed by atoms with Crippen LogP contribution in [0.3, 0.4) is 0 Å². The normalized spacial score (nSPS) is 10.8. The maximum absolute atomic E-state index is 5.95. The molecule has 0 atom stereocenters. The number of hydrogen-bond acceptors (Lipinski definition) is 2. The number of rotatable bonds is 4. The van der Waals surface area contributed by atoms with Crippen LogP contribution in [0.5, 0.6) is 11.5 Å². The Morgan fingerprint density at radius 3 is 2.63 bits per heavy atom. The summed E-state index contributed by atoms with van der Waals surface area (Å²) in [6, 6.07) is 14.1. The Bertz CT molecular complexity index is 566. The van der Waals surface area contributed by atoms with E-state index in [-0.39, 0.29) is 0 Å². The van der Waals surface area contributed by atoms with Gasteiger partial charge in [-0.1, -0.05) is 41.9 Å². The van der Waals surface area contributed by atoms with E-state index in [4.69, 9.17) is 10.5 Å². The molecule has 0 spiro atoms. The number of hydrogen-bond donors (Lipinski definition) is 1. The third-order valence-corrected chi connectivity index (χ3v) is 3.49. The van der Waals surface area contributed by atoms with Crippen LogP contribution in [-0.2, 0) is 6.54 Å². The van der Waals surface area contributed by atoms with Gasteiger partial charge in [0, 0.05) is 16.6 Å². The molecule has 2 nitrogen and oxygen atoms in total. The lowest BCUT2D eigenvalue weighted by Gasteiger charge is -2.12. The van der Waals surface area contributed by atoms with E-state index in [1.807, 2.05) is 30.3 Å². The second-order valence-corrected chi connectivity index (χ2v) is 5.70. The van der Waals surface area contributed by atoms with Crippen LogP contribution in [0.15, 0.2) is 46.9 Å². The van der Waals surface area contributed by atoms with Crippen molar-refractivity contribution in [2.45, 2.75) is 26.3 Å². The Morgan fingerprint density at radius 1 is 1.16 bits per heavy atom. The molecule has 0 radical (unpaired) electrons. The largest absolute Gasteiger partial charge is 0.457 e. The SMILES string of the molecule is CC(C)c1cccc(Oc2ccc(Br)cc2CN)c1. The second-order valence-electron chi connectivity index (χ2n) is 4.79. The van der Waals surface area contributed by atoms with Gasteiger partial charge in [0.15, 0.2) is 0 Å². The molecule has 2 N–H and O–H groups in total. The van der Waals surface area contributed by atoms with E-state index < -0.39 is 0 Å². The van der Waals surface area contributed by atoms with Crippen LogP contribution in [0.25, 0.3) is 0 Å². The highest BCUT2D eigenvalue weighted by atomic mass is 79.9. The van der Waals surface area contributed by atoms with Crippen molar-refractivity contribution in [2.24, 2.45) is 5.73 Å². The maximum atomic E-state index is 5.95. The van der Waals surface area contributed by atoms with Crippen molar-refractivity contribution < 1.29 is 4.74 Å². The number of ether oxygens (including phenoxy) is 1. The van der Waals surface area contributed by atoms with Gasteiger partial charge in [-0.25, -0.2) is 0 Å². The number of nitrogens with two attached hydrogens (primary N) is 1. The quantitative estimate of drug-likeness (QED) is 0.876. The summed E-state index contributed by atoms with van der Waals surface area (Å²) in [7, 11) is 0. The van der Waals surface area contributed by atoms with Gasteiger partial charge in [-0.2, -0.15) is 0 Å². The van der Waals surface area contributed by atoms with E-state index in [2.05, 4.69) is 41.9 Å². The second kappa shape index (κ2) is 6.22. The average molecular weight is 320 g/mol. The standard InChI is InChI=1S/C16H18BrNO/c1-11(2)12-4-3-5-15(9-12)19-16-7-6-14(17)8-13(16)10-18/h3-9,11H,10,18H2,1-2H3. The van der Waals surface area contributed by atoms with E-state index in [1.54, 1.807) is 0 Å². The molecule has 0 saturated heterocycles. The van der Waals surface area contributed by atoms with Crippen LogP contribution in [0.1, 0.15) is 30.9 Å². The van der Waals surface area contributed by atoms with E-state index in [0.717, 1.165) is 21.5 Å². The fourth-order valence-corrected chi connectivity index (χ4v) is 2.28. The predicted octanol–water partition coefficient (Wildman–Crippen LogP) is 4.82. The van der Waals surface area contributed by atoms with Crippen molar-refractivity contribution >= 4 is 15.9 Å². The van der Waals surface area contributed by atoms with E-state index in [1.165, 1.54) is 5.56 Å². The van der Waals surface area contributed by atoms with Crippen LogP contribution in [0.4, 0.5) is 0 Å². The highest BCUT2D eigenvalue weighted by Gasteiger charge is 2.06. The first-order valence-corrected chi connectivity index (χ1v) is 7.15. The van der Waals surface area contributed by atoms with E-state index >= 15 is 0 Å². The van der Waals surface area contributed by atoms with Gasteiger partial charge in [-0.05, 0) is 41.8 Å². The molecule has 0 aromatic heterocycles. The van der Waals surface area contributed by atoms with Crippen molar-refractivity contribution in [3.8, 4) is 11.5 Å². The molecule has 0 aliphatic rings. The first-order valence-electron chi connectivity index (χ1n) is 6.36. The smallest absolute Gasteiger partial charge is 0.131 e. The zero-order valence-corrected chi connectivity index (χ0v) is 12.8. The summed E-state index contributed by atoms with van der Waals surface area (Å²) in [5, 5.41) is 0. The summed E-state index contributed by atoms with van der Waals surface area (Å²) < 4.78 is 6.96. The van der Waals surface area contributed by atoms with Crippen molar-refractivity contribution in [1.29, 1.82) is 0 Å². The minimum absolute atomic E-state index is 0.457. The van der Waals surface area contributed by atoms with E-state index in [0.29, 0.717) is 12.5 Å². The van der Waals surface area contributed by atoms with Crippen LogP contribution < -0.4 is 10.5 Å². The van der Waals surface area contributed by atoms with Gasteiger partial charge in [0.25, 0.3) is 0 Å². The maximum Gasteiger partial charge on any atom is 0.131 e. The third kappa shape index (κ3) is 3.58. The summed E-state index contributed by atoms with van der Waals surface area (Å²) in [5.41, 5.74) is 8.01. The molecular weight excluding hydrogens is 302 g/mol. The first kappa shape index (κ1) is 14.1. The molecule has 2 aromatic rings. The molecule has 0 aliphatic heterocycles. The molecule has 100 valence electrons. The molecule has 0 amide bonds. The topological polar surface area (TPSA) is 35.2 Å². The van der Waals surface area contributed by atoms with Gasteiger partial charge in [0.05, 0.1) is 0 Å². The van der Waals surface area contributed by atoms with E-state index in [9.17, 15) is 0 Å². The average Bonchev–Trinajstić information content (AvgIpc) is 2.41. The summed E-state index contributed by atoms with van der Waals surface area (Å²) in [4.78, 5) is 0. The highest BCUT2D eigenvalue weighted by Crippen LogP contribution is 2.29. The van der Waals surface area contributed by atoms with Crippen molar-refractivity contribution in [3.05, 3.63) is 58.1 Å². The molecule has 19 heavy (non-hydrogen) atoms. The minimum Gasteiger partial charge on any atom is -0.457 e. The van der Waals surface area contributed by atoms with Crippen molar-refractivity contribution in [1.82, 2.24) is 0 Å². The third-order valence-electron chi connectivity index (χ3n) is 3.00. The van der Waals surface area contributed by atoms with Crippen molar-refractivity contribution in [3.63, 3.8) is 0 Å². The summed E-state index contributed by atoms with van der Waals surface area (Å²) >= 11 is 3.44. The first-order chi connectivity index (χ1) is 9.10. The minimum atomic E-state index is 0.457. The highest BCUT2D eigenvalue weighted by molar-refractivity contribution is 9.10. The Hall–Kier alpha value is -1.32. The lowest BCUT2D eigenvalue weighted by molar-refractivity contribution is 0.475. The molecular formula is C16H18BrNO. The lowest BCUT2D eigenvalue weighted by Crippen LogP contribution is -1.99. The van der Waals surface area contributed by atoms with Gasteiger partial charge in [-0.3, -0.25) is 0 Å². The molecule has 0 heterocycles. The molecule has 3 heteroatoms. The Kier molecular flexibility index (Phi) is 4.61. The monoisotopic (exact) mass is 319 g/mol. The van der Waals surface area contributed by atoms with Crippen LogP contribution in [0.2, 0.25) is 0 Å². The van der Waals surface area contributed by atoms with Gasteiger partial charge in [0.1, 0.15) is 11.5 Å². The predicted molar refractivity (Wildman–Crippen MR) is 82.6 cm³/mol. The summed E-state index contributed by atoms with van der Waals surface area (Å²) in [6.07, 6.45) is 0. The molecule has 2 rings (SSSR count). The van der Waals surface area contributed by atoms with Crippen LogP contribution in [0, 0.1) is 0 Å². The molecule has 0 fully saturated rings. The summed E-state index contributed by atoms with van der Waals surface area (Å²) in [6.45, 7) is 4.80. The zero-order valence-electron chi connectivity index (χ0n) is 11.2. The zero-order chi connectivity index (χ0) is 13.8. The molecule has 2 aromatic carbocycles. The van der Waals surface area contributed by atoms with Gasteiger partial charge in [0.2, 0.25) is 0 Å². The molecule has 0 aliphatic carbocycles. The Balaban J connectivity index is 2.28. The summed E-state index contributed by atoms with van der Waals surface area (Å²) in [5.74, 6) is 2.15. The Morgan fingerprint density at radius 2 is 1.95 bits per heavy atom. The number of halogens is 1. The lowest BCUT2D eigenvalue weighted by atomic mass is 10.0. The van der Waals surface area contributed by atoms with Gasteiger partial charge in [-0.15, -0.1) is 0 Å². The molecule has 0 bridgehead atoms. The van der Waals surface area contributed by atoms with Crippen molar-refractivity contribution in [2.75, 3.05) is 0 Å². The molecule has 0 unspecified atom stereocenters.